The molecule has 0 aromatic heterocycles. The van der Waals surface area contributed by atoms with Crippen LogP contribution in [0.15, 0.2) is 24.3 Å². The van der Waals surface area contributed by atoms with E-state index >= 15 is 0 Å². The molecule has 2 saturated heterocycles. The third kappa shape index (κ3) is 4.82. The van der Waals surface area contributed by atoms with Crippen LogP contribution >= 0.6 is 0 Å². The molecule has 3 fully saturated rings. The van der Waals surface area contributed by atoms with E-state index in [1.807, 2.05) is 0 Å². The number of amides is 2. The van der Waals surface area contributed by atoms with Gasteiger partial charge in [0.25, 0.3) is 0 Å². The monoisotopic (exact) mass is 294 g/mol. The van der Waals surface area contributed by atoms with E-state index < -0.39 is 11.8 Å². The van der Waals surface area contributed by atoms with Crippen molar-refractivity contribution < 1.29 is 18.7 Å². The van der Waals surface area contributed by atoms with Gasteiger partial charge in [-0.25, -0.2) is 4.39 Å². The topological polar surface area (TPSA) is 81.4 Å². The fourth-order valence-electron chi connectivity index (χ4n) is 2.36. The third-order valence-corrected chi connectivity index (χ3v) is 3.56. The van der Waals surface area contributed by atoms with Crippen molar-refractivity contribution in [3.05, 3.63) is 35.6 Å². The van der Waals surface area contributed by atoms with Gasteiger partial charge >= 0.3 is 11.8 Å². The number of nitrogens with one attached hydrogen (secondary N) is 1. The number of hydrogen-bond donors (Lipinski definition) is 2. The van der Waals surface area contributed by atoms with Crippen molar-refractivity contribution in [2.45, 2.75) is 37.9 Å². The van der Waals surface area contributed by atoms with Crippen molar-refractivity contribution >= 4 is 11.8 Å². The maximum atomic E-state index is 12.5. The maximum absolute atomic E-state index is 12.5. The lowest BCUT2D eigenvalue weighted by Crippen LogP contribution is -2.37. The minimum Gasteiger partial charge on any atom is -0.375 e. The predicted octanol–water partition coefficient (Wildman–Crippen LogP) is 0.907. The molecule has 1 saturated carbocycles. The van der Waals surface area contributed by atoms with Crippen molar-refractivity contribution in [1.82, 2.24) is 5.32 Å². The highest BCUT2D eigenvalue weighted by molar-refractivity contribution is 6.34. The Balaban J connectivity index is 0.000000218. The van der Waals surface area contributed by atoms with Crippen LogP contribution < -0.4 is 11.1 Å². The molecule has 114 valence electrons. The van der Waals surface area contributed by atoms with Crippen LogP contribution in [0.2, 0.25) is 0 Å². The number of fused-ring (bicyclic) bond motifs is 1. The van der Waals surface area contributed by atoms with Crippen LogP contribution in [0.25, 0.3) is 0 Å². The highest BCUT2D eigenvalue weighted by Crippen LogP contribution is 2.36. The lowest BCUT2D eigenvalue weighted by Gasteiger charge is -2.23. The summed E-state index contributed by atoms with van der Waals surface area (Å²) in [4.78, 5) is 21.1. The van der Waals surface area contributed by atoms with E-state index in [0.29, 0.717) is 25.2 Å². The summed E-state index contributed by atoms with van der Waals surface area (Å²) in [7, 11) is 0. The molecule has 2 bridgehead atoms. The molecule has 2 atom stereocenters. The Morgan fingerprint density at radius 1 is 1.24 bits per heavy atom. The van der Waals surface area contributed by atoms with Gasteiger partial charge in [0.15, 0.2) is 0 Å². The quantitative estimate of drug-likeness (QED) is 0.813. The number of benzene rings is 1. The zero-order valence-electron chi connectivity index (χ0n) is 11.7. The maximum Gasteiger partial charge on any atom is 0.309 e. The largest absolute Gasteiger partial charge is 0.375 e. The standard InChI is InChI=1S/C10H11FN2O2.C5H8O/c11-8-3-1-7(2-4-8)5-6-13-10(15)9(12)14;1-2-5-3-4(1)6-5/h1-4H,5-6H2,(H2,12,14)(H,13,15);4-5H,1-3H2. The first-order chi connectivity index (χ1) is 10.0. The first kappa shape index (κ1) is 15.4. The van der Waals surface area contributed by atoms with Crippen molar-refractivity contribution in [3.8, 4) is 0 Å². The number of hydrogen-bond acceptors (Lipinski definition) is 3. The number of rotatable bonds is 3. The van der Waals surface area contributed by atoms with Gasteiger partial charge in [-0.15, -0.1) is 0 Å². The molecule has 1 aliphatic carbocycles. The van der Waals surface area contributed by atoms with Gasteiger partial charge in [-0.05, 0) is 43.4 Å². The lowest BCUT2D eigenvalue weighted by atomic mass is 10.1. The fraction of sp³-hybridized carbons (Fsp3) is 0.467. The van der Waals surface area contributed by atoms with Gasteiger partial charge in [-0.1, -0.05) is 12.1 Å². The Hall–Kier alpha value is -1.95. The second-order valence-corrected chi connectivity index (χ2v) is 5.19. The van der Waals surface area contributed by atoms with Gasteiger partial charge in [0.05, 0.1) is 12.2 Å². The molecule has 3 aliphatic rings. The number of primary amides is 1. The molecule has 0 spiro atoms. The van der Waals surface area contributed by atoms with Crippen molar-refractivity contribution in [2.75, 3.05) is 6.54 Å². The summed E-state index contributed by atoms with van der Waals surface area (Å²) in [6, 6.07) is 5.91. The van der Waals surface area contributed by atoms with Crippen LogP contribution in [0.4, 0.5) is 4.39 Å². The Bertz CT molecular complexity index is 485. The molecule has 2 amide bonds. The molecular formula is C15H19FN2O3. The first-order valence-electron chi connectivity index (χ1n) is 7.02. The zero-order chi connectivity index (χ0) is 15.2. The number of halogens is 1. The Morgan fingerprint density at radius 3 is 2.24 bits per heavy atom. The van der Waals surface area contributed by atoms with Gasteiger partial charge in [0, 0.05) is 6.54 Å². The average Bonchev–Trinajstić information content (AvgIpc) is 3.06. The van der Waals surface area contributed by atoms with Crippen molar-refractivity contribution in [1.29, 1.82) is 0 Å². The van der Waals surface area contributed by atoms with Gasteiger partial charge in [0.2, 0.25) is 0 Å². The Morgan fingerprint density at radius 2 is 1.81 bits per heavy atom. The Kier molecular flexibility index (Phi) is 5.27. The lowest BCUT2D eigenvalue weighted by molar-refractivity contribution is -0.137. The van der Waals surface area contributed by atoms with E-state index in [0.717, 1.165) is 5.56 Å². The molecule has 6 heteroatoms. The minimum atomic E-state index is -1.01. The first-order valence-corrected chi connectivity index (χ1v) is 7.02. The van der Waals surface area contributed by atoms with Crippen LogP contribution in [-0.4, -0.2) is 30.6 Å². The van der Waals surface area contributed by atoms with Gasteiger partial charge in [0.1, 0.15) is 5.82 Å². The van der Waals surface area contributed by atoms with E-state index in [1.165, 1.54) is 31.4 Å². The van der Waals surface area contributed by atoms with Crippen molar-refractivity contribution in [3.63, 3.8) is 0 Å². The van der Waals surface area contributed by atoms with E-state index in [1.54, 1.807) is 12.1 Å². The average molecular weight is 294 g/mol. The molecule has 1 aromatic rings. The molecule has 4 rings (SSSR count). The number of ether oxygens (including phenoxy) is 1. The molecular weight excluding hydrogens is 275 g/mol. The number of carbonyl (C=O) groups is 2. The molecule has 0 radical (unpaired) electrons. The summed E-state index contributed by atoms with van der Waals surface area (Å²) in [5.74, 6) is -2.12. The number of nitrogens with two attached hydrogens (primary N) is 1. The third-order valence-electron chi connectivity index (χ3n) is 3.56. The second-order valence-electron chi connectivity index (χ2n) is 5.19. The molecule has 1 aromatic carbocycles. The molecule has 5 nitrogen and oxygen atoms in total. The molecule has 3 N–H and O–H groups in total. The summed E-state index contributed by atoms with van der Waals surface area (Å²) < 4.78 is 17.8. The predicted molar refractivity (Wildman–Crippen MR) is 74.8 cm³/mol. The second kappa shape index (κ2) is 7.17. The SMILES string of the molecule is C1CC2CC1O2.NC(=O)C(=O)NCCc1ccc(F)cc1. The highest BCUT2D eigenvalue weighted by Gasteiger charge is 2.36. The van der Waals surface area contributed by atoms with Crippen LogP contribution in [0, 0.1) is 5.82 Å². The minimum absolute atomic E-state index is 0.299. The number of carbonyl (C=O) groups excluding carboxylic acids is 2. The van der Waals surface area contributed by atoms with Crippen LogP contribution in [-0.2, 0) is 20.7 Å². The van der Waals surface area contributed by atoms with Crippen LogP contribution in [0.1, 0.15) is 24.8 Å². The van der Waals surface area contributed by atoms with E-state index in [9.17, 15) is 14.0 Å². The molecule has 2 unspecified atom stereocenters. The molecule has 21 heavy (non-hydrogen) atoms. The van der Waals surface area contributed by atoms with Gasteiger partial charge < -0.3 is 15.8 Å². The summed E-state index contributed by atoms with van der Waals surface area (Å²) in [5.41, 5.74) is 5.61. The van der Waals surface area contributed by atoms with E-state index in [4.69, 9.17) is 10.5 Å². The van der Waals surface area contributed by atoms with Crippen LogP contribution in [0.3, 0.4) is 0 Å². The molecule has 2 heterocycles. The summed E-state index contributed by atoms with van der Waals surface area (Å²) in [6.07, 6.45) is 5.94. The van der Waals surface area contributed by atoms with E-state index in [2.05, 4.69) is 5.32 Å². The normalized spacial score (nSPS) is 21.8. The van der Waals surface area contributed by atoms with Gasteiger partial charge in [-0.2, -0.15) is 0 Å². The van der Waals surface area contributed by atoms with Crippen LogP contribution in [0.5, 0.6) is 0 Å². The van der Waals surface area contributed by atoms with Gasteiger partial charge in [-0.3, -0.25) is 9.59 Å². The zero-order valence-corrected chi connectivity index (χ0v) is 11.7. The smallest absolute Gasteiger partial charge is 0.309 e. The Labute approximate surface area is 122 Å². The molecule has 2 aliphatic heterocycles. The summed E-state index contributed by atoms with van der Waals surface area (Å²) >= 11 is 0. The van der Waals surface area contributed by atoms with Crippen molar-refractivity contribution in [2.24, 2.45) is 5.73 Å². The highest BCUT2D eigenvalue weighted by atomic mass is 19.1. The fourth-order valence-corrected chi connectivity index (χ4v) is 2.36. The summed E-state index contributed by atoms with van der Waals surface area (Å²) in [5, 5.41) is 2.34. The van der Waals surface area contributed by atoms with E-state index in [-0.39, 0.29) is 5.82 Å². The summed E-state index contributed by atoms with van der Waals surface area (Å²) in [6.45, 7) is 0.299.